The second kappa shape index (κ2) is 8.56. The fourth-order valence-corrected chi connectivity index (χ4v) is 2.88. The summed E-state index contributed by atoms with van der Waals surface area (Å²) < 4.78 is 27.8. The molecule has 0 bridgehead atoms. The molecule has 4 rings (SSSR count). The Labute approximate surface area is 170 Å². The van der Waals surface area contributed by atoms with Crippen molar-refractivity contribution >= 4 is 11.6 Å². The van der Waals surface area contributed by atoms with Gasteiger partial charge in [-0.1, -0.05) is 36.4 Å². The van der Waals surface area contributed by atoms with Gasteiger partial charge in [0.15, 0.2) is 0 Å². The minimum atomic E-state index is -0.851. The topological polar surface area (TPSA) is 76.8 Å². The first-order chi connectivity index (χ1) is 14.6. The van der Waals surface area contributed by atoms with Crippen LogP contribution in [0.1, 0.15) is 5.69 Å². The van der Waals surface area contributed by atoms with E-state index >= 15 is 0 Å². The molecular weight excluding hydrogens is 390 g/mol. The maximum absolute atomic E-state index is 14.4. The Hall–Kier alpha value is -4.01. The third kappa shape index (κ3) is 4.35. The molecular formula is C21H16F2N6O. The van der Waals surface area contributed by atoms with Crippen LogP contribution in [0, 0.1) is 11.6 Å². The Balaban J connectivity index is 1.60. The van der Waals surface area contributed by atoms with Gasteiger partial charge in [-0.15, -0.1) is 10.2 Å². The first kappa shape index (κ1) is 19.3. The molecule has 0 saturated carbocycles. The van der Waals surface area contributed by atoms with Gasteiger partial charge in [0.2, 0.25) is 5.82 Å². The number of halogens is 2. The van der Waals surface area contributed by atoms with Crippen molar-refractivity contribution in [1.29, 1.82) is 0 Å². The summed E-state index contributed by atoms with van der Waals surface area (Å²) in [6.45, 7) is -0.272. The van der Waals surface area contributed by atoms with E-state index in [-0.39, 0.29) is 18.8 Å². The van der Waals surface area contributed by atoms with Crippen LogP contribution in [0.15, 0.2) is 72.9 Å². The Kier molecular flexibility index (Phi) is 5.51. The molecule has 150 valence electrons. The SMILES string of the molecule is O=C(Cn1nnc(-c2ccccc2)n1)N(Cc1ccccn1)c1ccc(F)cc1F. The Morgan fingerprint density at radius 2 is 1.80 bits per heavy atom. The van der Waals surface area contributed by atoms with Crippen molar-refractivity contribution in [1.82, 2.24) is 25.2 Å². The van der Waals surface area contributed by atoms with E-state index in [0.717, 1.165) is 22.5 Å². The zero-order chi connectivity index (χ0) is 20.9. The summed E-state index contributed by atoms with van der Waals surface area (Å²) in [6.07, 6.45) is 1.57. The highest BCUT2D eigenvalue weighted by Gasteiger charge is 2.22. The molecule has 0 unspecified atom stereocenters. The first-order valence-corrected chi connectivity index (χ1v) is 9.09. The predicted octanol–water partition coefficient (Wildman–Crippen LogP) is 3.25. The Morgan fingerprint density at radius 3 is 2.53 bits per heavy atom. The third-order valence-corrected chi connectivity index (χ3v) is 4.31. The van der Waals surface area contributed by atoms with Gasteiger partial charge in [-0.05, 0) is 29.5 Å². The van der Waals surface area contributed by atoms with E-state index in [1.165, 1.54) is 11.0 Å². The molecule has 0 N–H and O–H groups in total. The number of hydrogen-bond donors (Lipinski definition) is 0. The van der Waals surface area contributed by atoms with E-state index in [2.05, 4.69) is 20.4 Å². The molecule has 0 aliphatic heterocycles. The van der Waals surface area contributed by atoms with Gasteiger partial charge in [-0.3, -0.25) is 9.78 Å². The van der Waals surface area contributed by atoms with Crippen LogP contribution >= 0.6 is 0 Å². The number of rotatable bonds is 6. The quantitative estimate of drug-likeness (QED) is 0.491. The van der Waals surface area contributed by atoms with Crippen LogP contribution in [0.3, 0.4) is 0 Å². The minimum Gasteiger partial charge on any atom is -0.302 e. The summed E-state index contributed by atoms with van der Waals surface area (Å²) in [4.78, 5) is 19.5. The standard InChI is InChI=1S/C21H16F2N6O/c22-16-9-10-19(18(23)12-16)28(13-17-8-4-5-11-24-17)20(30)14-29-26-21(25-27-29)15-6-2-1-3-7-15/h1-12H,13-14H2. The van der Waals surface area contributed by atoms with Crippen molar-refractivity contribution in [3.8, 4) is 11.4 Å². The number of tetrazole rings is 1. The second-order valence-electron chi connectivity index (χ2n) is 6.41. The molecule has 7 nitrogen and oxygen atoms in total. The smallest absolute Gasteiger partial charge is 0.251 e. The predicted molar refractivity (Wildman–Crippen MR) is 105 cm³/mol. The normalized spacial score (nSPS) is 10.7. The lowest BCUT2D eigenvalue weighted by atomic mass is 10.2. The largest absolute Gasteiger partial charge is 0.302 e. The summed E-state index contributed by atoms with van der Waals surface area (Å²) >= 11 is 0. The zero-order valence-electron chi connectivity index (χ0n) is 15.7. The summed E-state index contributed by atoms with van der Waals surface area (Å²) in [7, 11) is 0. The van der Waals surface area contributed by atoms with Crippen molar-refractivity contribution in [2.45, 2.75) is 13.1 Å². The molecule has 0 fully saturated rings. The van der Waals surface area contributed by atoms with E-state index in [1.54, 1.807) is 24.4 Å². The van der Waals surface area contributed by atoms with Gasteiger partial charge < -0.3 is 4.90 Å². The first-order valence-electron chi connectivity index (χ1n) is 9.09. The fourth-order valence-electron chi connectivity index (χ4n) is 2.88. The average molecular weight is 406 g/mol. The number of benzene rings is 2. The van der Waals surface area contributed by atoms with Crippen molar-refractivity contribution in [2.75, 3.05) is 4.90 Å². The number of hydrogen-bond acceptors (Lipinski definition) is 5. The highest BCUT2D eigenvalue weighted by atomic mass is 19.1. The van der Waals surface area contributed by atoms with Crippen LogP contribution in [-0.2, 0) is 17.9 Å². The molecule has 0 spiro atoms. The molecule has 0 aliphatic carbocycles. The summed E-state index contributed by atoms with van der Waals surface area (Å²) in [5.74, 6) is -1.71. The fraction of sp³-hybridized carbons (Fsp3) is 0.0952. The van der Waals surface area contributed by atoms with Crippen LogP contribution in [0.4, 0.5) is 14.5 Å². The van der Waals surface area contributed by atoms with Crippen LogP contribution in [0.2, 0.25) is 0 Å². The minimum absolute atomic E-state index is 0.00245. The van der Waals surface area contributed by atoms with Crippen LogP contribution in [-0.4, -0.2) is 31.1 Å². The number of aromatic nitrogens is 5. The van der Waals surface area contributed by atoms with Gasteiger partial charge >= 0.3 is 0 Å². The lowest BCUT2D eigenvalue weighted by Gasteiger charge is -2.22. The van der Waals surface area contributed by atoms with Gasteiger partial charge in [-0.25, -0.2) is 8.78 Å². The highest BCUT2D eigenvalue weighted by molar-refractivity contribution is 5.93. The number of carbonyl (C=O) groups is 1. The van der Waals surface area contributed by atoms with Crippen LogP contribution in [0.25, 0.3) is 11.4 Å². The van der Waals surface area contributed by atoms with E-state index < -0.39 is 17.5 Å². The Morgan fingerprint density at radius 1 is 1.00 bits per heavy atom. The number of amides is 1. The monoisotopic (exact) mass is 406 g/mol. The molecule has 2 aromatic heterocycles. The zero-order valence-corrected chi connectivity index (χ0v) is 15.7. The van der Waals surface area contributed by atoms with Crippen molar-refractivity contribution in [3.63, 3.8) is 0 Å². The molecule has 2 aromatic carbocycles. The third-order valence-electron chi connectivity index (χ3n) is 4.31. The lowest BCUT2D eigenvalue weighted by Crippen LogP contribution is -2.35. The number of nitrogens with zero attached hydrogens (tertiary/aromatic N) is 6. The number of anilines is 1. The van der Waals surface area contributed by atoms with E-state index in [4.69, 9.17) is 0 Å². The summed E-state index contributed by atoms with van der Waals surface area (Å²) in [5, 5.41) is 12.1. The Bertz CT molecular complexity index is 1150. The molecule has 4 aromatic rings. The summed E-state index contributed by atoms with van der Waals surface area (Å²) in [5.41, 5.74) is 1.24. The highest BCUT2D eigenvalue weighted by Crippen LogP contribution is 2.22. The second-order valence-corrected chi connectivity index (χ2v) is 6.41. The van der Waals surface area contributed by atoms with E-state index in [0.29, 0.717) is 11.5 Å². The average Bonchev–Trinajstić information content (AvgIpc) is 3.22. The van der Waals surface area contributed by atoms with Crippen molar-refractivity contribution in [2.24, 2.45) is 0 Å². The molecule has 0 atom stereocenters. The molecule has 1 amide bonds. The van der Waals surface area contributed by atoms with Gasteiger partial charge in [0, 0.05) is 17.8 Å². The maximum atomic E-state index is 14.4. The molecule has 30 heavy (non-hydrogen) atoms. The van der Waals surface area contributed by atoms with Crippen LogP contribution < -0.4 is 4.90 Å². The van der Waals surface area contributed by atoms with Gasteiger partial charge in [-0.2, -0.15) is 4.80 Å². The molecule has 2 heterocycles. The van der Waals surface area contributed by atoms with Gasteiger partial charge in [0.05, 0.1) is 17.9 Å². The van der Waals surface area contributed by atoms with Crippen molar-refractivity contribution < 1.29 is 13.6 Å². The van der Waals surface area contributed by atoms with Gasteiger partial charge in [0.1, 0.15) is 18.2 Å². The molecule has 0 radical (unpaired) electrons. The summed E-state index contributed by atoms with van der Waals surface area (Å²) in [6, 6.07) is 17.4. The van der Waals surface area contributed by atoms with E-state index in [1.807, 2.05) is 30.3 Å². The number of carbonyl (C=O) groups excluding carboxylic acids is 1. The van der Waals surface area contributed by atoms with Gasteiger partial charge in [0.25, 0.3) is 5.91 Å². The molecule has 0 saturated heterocycles. The maximum Gasteiger partial charge on any atom is 0.251 e. The molecule has 9 heteroatoms. The van der Waals surface area contributed by atoms with Crippen molar-refractivity contribution in [3.05, 3.63) is 90.3 Å². The molecule has 0 aliphatic rings. The van der Waals surface area contributed by atoms with Crippen LogP contribution in [0.5, 0.6) is 0 Å². The number of pyridine rings is 1. The van der Waals surface area contributed by atoms with E-state index in [9.17, 15) is 13.6 Å². The lowest BCUT2D eigenvalue weighted by molar-refractivity contribution is -0.119.